The highest BCUT2D eigenvalue weighted by Crippen LogP contribution is 2.28. The molecular weight excluding hydrogens is 264 g/mol. The number of benzene rings is 1. The van der Waals surface area contributed by atoms with Gasteiger partial charge in [0.05, 0.1) is 16.6 Å². The predicted octanol–water partition coefficient (Wildman–Crippen LogP) is 4.61. The Kier molecular flexibility index (Phi) is 4.66. The molecule has 4 nitrogen and oxygen atoms in total. The van der Waals surface area contributed by atoms with Crippen LogP contribution in [0, 0.1) is 0 Å². The Morgan fingerprint density at radius 2 is 2.05 bits per heavy atom. The molecule has 2 rings (SSSR count). The summed E-state index contributed by atoms with van der Waals surface area (Å²) < 4.78 is 2.28. The molecule has 4 heteroatoms. The Morgan fingerprint density at radius 3 is 2.62 bits per heavy atom. The minimum absolute atomic E-state index is 0.295. The highest BCUT2D eigenvalue weighted by atomic mass is 16.4. The highest BCUT2D eigenvalue weighted by Gasteiger charge is 2.18. The van der Waals surface area contributed by atoms with Crippen LogP contribution in [0.2, 0.25) is 0 Å². The minimum Gasteiger partial charge on any atom is -0.478 e. The van der Waals surface area contributed by atoms with Gasteiger partial charge in [0.2, 0.25) is 0 Å². The summed E-state index contributed by atoms with van der Waals surface area (Å²) in [5.74, 6) is 0.447. The van der Waals surface area contributed by atoms with E-state index in [1.165, 1.54) is 12.8 Å². The van der Waals surface area contributed by atoms with E-state index in [-0.39, 0.29) is 0 Å². The van der Waals surface area contributed by atoms with Crippen LogP contribution in [0.4, 0.5) is 0 Å². The molecule has 0 radical (unpaired) electrons. The number of nitrogens with zero attached hydrogens (tertiary/aromatic N) is 2. The molecule has 1 aromatic heterocycles. The van der Waals surface area contributed by atoms with Gasteiger partial charge in [-0.2, -0.15) is 0 Å². The third-order valence-corrected chi connectivity index (χ3v) is 3.90. The molecule has 1 unspecified atom stereocenters. The van der Waals surface area contributed by atoms with Crippen LogP contribution in [0.3, 0.4) is 0 Å². The molecule has 0 aliphatic carbocycles. The fraction of sp³-hybridized carbons (Fsp3) is 0.529. The van der Waals surface area contributed by atoms with E-state index in [1.54, 1.807) is 12.1 Å². The molecule has 1 aromatic carbocycles. The van der Waals surface area contributed by atoms with Crippen molar-refractivity contribution >= 4 is 17.0 Å². The molecule has 114 valence electrons. The maximum atomic E-state index is 11.1. The molecule has 0 bridgehead atoms. The number of fused-ring (bicyclic) bond motifs is 1. The SMILES string of the molecule is CCCCC(C)n1c(C(C)C)nc2cc(C(=O)O)ccc21. The van der Waals surface area contributed by atoms with Gasteiger partial charge in [-0.15, -0.1) is 0 Å². The normalized spacial score (nSPS) is 13.0. The van der Waals surface area contributed by atoms with Gasteiger partial charge < -0.3 is 9.67 Å². The van der Waals surface area contributed by atoms with Crippen LogP contribution in [0.15, 0.2) is 18.2 Å². The van der Waals surface area contributed by atoms with Crippen LogP contribution < -0.4 is 0 Å². The number of carbonyl (C=O) groups is 1. The molecular formula is C17H24N2O2. The van der Waals surface area contributed by atoms with Crippen LogP contribution >= 0.6 is 0 Å². The zero-order valence-corrected chi connectivity index (χ0v) is 13.3. The molecule has 0 saturated heterocycles. The fourth-order valence-corrected chi connectivity index (χ4v) is 2.75. The number of carboxylic acids is 1. The summed E-state index contributed by atoms with van der Waals surface area (Å²) in [6.07, 6.45) is 3.48. The van der Waals surface area contributed by atoms with E-state index in [0.717, 1.165) is 23.3 Å². The Bertz CT molecular complexity index is 644. The Hall–Kier alpha value is -1.84. The Labute approximate surface area is 125 Å². The van der Waals surface area contributed by atoms with Crippen LogP contribution in [-0.2, 0) is 0 Å². The molecule has 0 aliphatic heterocycles. The third-order valence-electron chi connectivity index (χ3n) is 3.90. The summed E-state index contributed by atoms with van der Waals surface area (Å²) in [6.45, 7) is 8.67. The third kappa shape index (κ3) is 3.09. The lowest BCUT2D eigenvalue weighted by Gasteiger charge is -2.19. The monoisotopic (exact) mass is 288 g/mol. The quantitative estimate of drug-likeness (QED) is 0.844. The number of aromatic nitrogens is 2. The van der Waals surface area contributed by atoms with Gasteiger partial charge in [-0.05, 0) is 31.5 Å². The second-order valence-corrected chi connectivity index (χ2v) is 5.99. The first-order chi connectivity index (χ1) is 9.95. The van der Waals surface area contributed by atoms with Crippen molar-refractivity contribution in [3.63, 3.8) is 0 Å². The minimum atomic E-state index is -0.906. The van der Waals surface area contributed by atoms with Gasteiger partial charge in [0.1, 0.15) is 5.82 Å². The van der Waals surface area contributed by atoms with Crippen LogP contribution in [0.25, 0.3) is 11.0 Å². The van der Waals surface area contributed by atoms with Gasteiger partial charge in [0, 0.05) is 12.0 Å². The van der Waals surface area contributed by atoms with E-state index in [4.69, 9.17) is 5.11 Å². The van der Waals surface area contributed by atoms with Crippen molar-refractivity contribution in [3.05, 3.63) is 29.6 Å². The first-order valence-corrected chi connectivity index (χ1v) is 7.70. The molecule has 1 atom stereocenters. The number of rotatable bonds is 6. The van der Waals surface area contributed by atoms with Crippen molar-refractivity contribution in [3.8, 4) is 0 Å². The summed E-state index contributed by atoms with van der Waals surface area (Å²) in [7, 11) is 0. The van der Waals surface area contributed by atoms with E-state index in [1.807, 2.05) is 6.07 Å². The number of imidazole rings is 1. The smallest absolute Gasteiger partial charge is 0.335 e. The largest absolute Gasteiger partial charge is 0.478 e. The first-order valence-electron chi connectivity index (χ1n) is 7.70. The van der Waals surface area contributed by atoms with Crippen LogP contribution in [0.1, 0.15) is 75.1 Å². The summed E-state index contributed by atoms with van der Waals surface area (Å²) in [5.41, 5.74) is 2.11. The van der Waals surface area contributed by atoms with Crippen molar-refractivity contribution in [1.29, 1.82) is 0 Å². The summed E-state index contributed by atoms with van der Waals surface area (Å²) >= 11 is 0. The fourth-order valence-electron chi connectivity index (χ4n) is 2.75. The zero-order valence-electron chi connectivity index (χ0n) is 13.3. The molecule has 0 spiro atoms. The van der Waals surface area contributed by atoms with Crippen LogP contribution in [0.5, 0.6) is 0 Å². The molecule has 0 saturated carbocycles. The molecule has 1 N–H and O–H groups in total. The maximum Gasteiger partial charge on any atom is 0.335 e. The van der Waals surface area contributed by atoms with Gasteiger partial charge in [-0.3, -0.25) is 0 Å². The summed E-state index contributed by atoms with van der Waals surface area (Å²) in [5, 5.41) is 9.12. The maximum absolute atomic E-state index is 11.1. The molecule has 2 aromatic rings. The van der Waals surface area contributed by atoms with Crippen molar-refractivity contribution in [2.75, 3.05) is 0 Å². The Morgan fingerprint density at radius 1 is 1.33 bits per heavy atom. The summed E-state index contributed by atoms with van der Waals surface area (Å²) in [6, 6.07) is 5.61. The summed E-state index contributed by atoms with van der Waals surface area (Å²) in [4.78, 5) is 15.8. The lowest BCUT2D eigenvalue weighted by Crippen LogP contribution is -2.10. The number of hydrogen-bond acceptors (Lipinski definition) is 2. The number of hydrogen-bond donors (Lipinski definition) is 1. The van der Waals surface area contributed by atoms with E-state index in [0.29, 0.717) is 17.5 Å². The van der Waals surface area contributed by atoms with E-state index >= 15 is 0 Å². The molecule has 0 amide bonds. The number of carboxylic acid groups (broad SMARTS) is 1. The lowest BCUT2D eigenvalue weighted by molar-refractivity contribution is 0.0697. The van der Waals surface area contributed by atoms with Gasteiger partial charge in [-0.25, -0.2) is 9.78 Å². The first kappa shape index (κ1) is 15.5. The van der Waals surface area contributed by atoms with Crippen molar-refractivity contribution in [2.24, 2.45) is 0 Å². The average molecular weight is 288 g/mol. The van der Waals surface area contributed by atoms with Crippen molar-refractivity contribution in [2.45, 2.75) is 58.9 Å². The molecule has 21 heavy (non-hydrogen) atoms. The van der Waals surface area contributed by atoms with Gasteiger partial charge in [0.15, 0.2) is 0 Å². The number of aromatic carboxylic acids is 1. The standard InChI is InChI=1S/C17H24N2O2/c1-5-6-7-12(4)19-15-9-8-13(17(20)21)10-14(15)18-16(19)11(2)3/h8-12H,5-7H2,1-4H3,(H,20,21). The van der Waals surface area contributed by atoms with Gasteiger partial charge >= 0.3 is 5.97 Å². The highest BCUT2D eigenvalue weighted by molar-refractivity contribution is 5.92. The van der Waals surface area contributed by atoms with Crippen LogP contribution in [-0.4, -0.2) is 20.6 Å². The van der Waals surface area contributed by atoms with Gasteiger partial charge in [-0.1, -0.05) is 33.6 Å². The average Bonchev–Trinajstić information content (AvgIpc) is 2.83. The Balaban J connectivity index is 2.55. The van der Waals surface area contributed by atoms with E-state index in [9.17, 15) is 4.79 Å². The second kappa shape index (κ2) is 6.29. The van der Waals surface area contributed by atoms with Crippen molar-refractivity contribution < 1.29 is 9.90 Å². The zero-order chi connectivity index (χ0) is 15.6. The topological polar surface area (TPSA) is 55.1 Å². The molecule has 0 fully saturated rings. The predicted molar refractivity (Wildman–Crippen MR) is 85.0 cm³/mol. The van der Waals surface area contributed by atoms with E-state index < -0.39 is 5.97 Å². The van der Waals surface area contributed by atoms with E-state index in [2.05, 4.69) is 37.2 Å². The number of unbranched alkanes of at least 4 members (excludes halogenated alkanes) is 1. The van der Waals surface area contributed by atoms with Crippen molar-refractivity contribution in [1.82, 2.24) is 9.55 Å². The molecule has 1 heterocycles. The molecule has 0 aliphatic rings. The van der Waals surface area contributed by atoms with Gasteiger partial charge in [0.25, 0.3) is 0 Å². The lowest BCUT2D eigenvalue weighted by atomic mass is 10.1. The second-order valence-electron chi connectivity index (χ2n) is 5.99.